The number of carboxylic acids is 1. The Morgan fingerprint density at radius 2 is 1.73 bits per heavy atom. The number of amides is 1. The minimum atomic E-state index is -1.12. The number of aliphatic imine (C=N–C) groups is 1. The maximum Gasteiger partial charge on any atom is 0.335 e. The smallest absolute Gasteiger partial charge is 0.335 e. The molecule has 0 aromatic heterocycles. The third-order valence-corrected chi connectivity index (χ3v) is 7.35. The largest absolute Gasteiger partial charge is 0.478 e. The summed E-state index contributed by atoms with van der Waals surface area (Å²) in [7, 11) is 0. The first-order valence-corrected chi connectivity index (χ1v) is 15.7. The molecule has 0 fully saturated rings. The third kappa shape index (κ3) is 11.1. The highest BCUT2D eigenvalue weighted by Gasteiger charge is 2.27. The van der Waals surface area contributed by atoms with Gasteiger partial charge in [-0.25, -0.2) is 4.79 Å². The Bertz CT molecular complexity index is 1490. The van der Waals surface area contributed by atoms with Gasteiger partial charge in [-0.1, -0.05) is 104 Å². The summed E-state index contributed by atoms with van der Waals surface area (Å²) in [6.45, 7) is 15.7. The van der Waals surface area contributed by atoms with Crippen molar-refractivity contribution in [1.29, 1.82) is 0 Å². The van der Waals surface area contributed by atoms with Gasteiger partial charge in [-0.05, 0) is 82.7 Å². The highest BCUT2D eigenvalue weighted by molar-refractivity contribution is 6.33. The number of carboxylic acid groups (broad SMARTS) is 1. The molecule has 0 aliphatic heterocycles. The van der Waals surface area contributed by atoms with Crippen LogP contribution in [0, 0.1) is 0 Å². The molecule has 0 unspecified atom stereocenters. The maximum atomic E-state index is 13.3. The summed E-state index contributed by atoms with van der Waals surface area (Å²) in [5.41, 5.74) is 6.12. The molecule has 1 aliphatic rings. The van der Waals surface area contributed by atoms with E-state index in [1.165, 1.54) is 18.1 Å². The summed E-state index contributed by atoms with van der Waals surface area (Å²) in [5.74, 6) is -1.38. The van der Waals surface area contributed by atoms with Gasteiger partial charge in [0.2, 0.25) is 5.91 Å². The van der Waals surface area contributed by atoms with Crippen molar-refractivity contribution in [2.45, 2.75) is 79.7 Å². The molecule has 5 nitrogen and oxygen atoms in total. The van der Waals surface area contributed by atoms with Crippen molar-refractivity contribution in [1.82, 2.24) is 5.32 Å². The number of carbonyl (C=O) groups excluding carboxylic acids is 1. The van der Waals surface area contributed by atoms with Gasteiger partial charge in [-0.3, -0.25) is 9.79 Å². The Kier molecular flexibility index (Phi) is 15.1. The predicted molar refractivity (Wildman–Crippen MR) is 186 cm³/mol. The topological polar surface area (TPSA) is 78.8 Å². The first-order chi connectivity index (χ1) is 20.9. The van der Waals surface area contributed by atoms with E-state index >= 15 is 0 Å². The molecular weight excluding hydrogens is 591 g/mol. The SMILES string of the molecule is C=C(Cl)/C=C(\C)N=C(C)c1cccc(Cl)c1C1=C(C(=O)O)C=C(C(=O)N[C@H](CCC)c2ccccc2)CC1.CCC=C(C)C. The monoisotopic (exact) mass is 634 g/mol. The summed E-state index contributed by atoms with van der Waals surface area (Å²) in [4.78, 5) is 30.3. The highest BCUT2D eigenvalue weighted by atomic mass is 35.5. The molecule has 2 N–H and O–H groups in total. The normalized spacial score (nSPS) is 14.1. The van der Waals surface area contributed by atoms with Crippen LogP contribution in [-0.2, 0) is 9.59 Å². The van der Waals surface area contributed by atoms with Crippen molar-refractivity contribution in [2.75, 3.05) is 0 Å². The molecule has 2 aromatic rings. The van der Waals surface area contributed by atoms with Crippen LogP contribution in [0.2, 0.25) is 5.02 Å². The number of hydrogen-bond acceptors (Lipinski definition) is 3. The second-order valence-corrected chi connectivity index (χ2v) is 11.8. The lowest BCUT2D eigenvalue weighted by atomic mass is 9.84. The van der Waals surface area contributed by atoms with E-state index in [-0.39, 0.29) is 17.5 Å². The zero-order valence-electron chi connectivity index (χ0n) is 26.6. The van der Waals surface area contributed by atoms with Crippen molar-refractivity contribution in [3.8, 4) is 0 Å². The van der Waals surface area contributed by atoms with Crippen LogP contribution in [0.3, 0.4) is 0 Å². The Balaban J connectivity index is 0.00000102. The molecule has 44 heavy (non-hydrogen) atoms. The summed E-state index contributed by atoms with van der Waals surface area (Å²) >= 11 is 12.5. The van der Waals surface area contributed by atoms with Crippen molar-refractivity contribution in [3.63, 3.8) is 0 Å². The first kappa shape index (κ1) is 36.5. The molecule has 0 radical (unpaired) electrons. The van der Waals surface area contributed by atoms with Crippen LogP contribution in [0.25, 0.3) is 5.57 Å². The molecule has 1 aliphatic carbocycles. The molecule has 2 aromatic carbocycles. The van der Waals surface area contributed by atoms with Crippen molar-refractivity contribution in [2.24, 2.45) is 4.99 Å². The fraction of sp³-hybridized carbons (Fsp3) is 0.324. The van der Waals surface area contributed by atoms with Gasteiger partial charge in [0.15, 0.2) is 0 Å². The fourth-order valence-electron chi connectivity index (χ4n) is 5.03. The first-order valence-electron chi connectivity index (χ1n) is 14.9. The van der Waals surface area contributed by atoms with Gasteiger partial charge in [0.05, 0.1) is 11.6 Å². The number of aliphatic carboxylic acids is 1. The number of carbonyl (C=O) groups is 2. The number of hydrogen-bond donors (Lipinski definition) is 2. The van der Waals surface area contributed by atoms with E-state index in [2.05, 4.69) is 50.7 Å². The molecule has 0 spiro atoms. The zero-order valence-corrected chi connectivity index (χ0v) is 28.1. The number of benzene rings is 2. The summed E-state index contributed by atoms with van der Waals surface area (Å²) in [6, 6.07) is 15.0. The van der Waals surface area contributed by atoms with Crippen LogP contribution < -0.4 is 5.32 Å². The highest BCUT2D eigenvalue weighted by Crippen LogP contribution is 2.38. The van der Waals surface area contributed by atoms with Gasteiger partial charge in [0.25, 0.3) is 0 Å². The van der Waals surface area contributed by atoms with Gasteiger partial charge >= 0.3 is 5.97 Å². The second kappa shape index (κ2) is 18.2. The van der Waals surface area contributed by atoms with Gasteiger partial charge in [0, 0.05) is 38.2 Å². The Morgan fingerprint density at radius 3 is 2.27 bits per heavy atom. The molecular formula is C37H44Cl2N2O3. The predicted octanol–water partition coefficient (Wildman–Crippen LogP) is 10.4. The third-order valence-electron chi connectivity index (χ3n) is 6.92. The van der Waals surface area contributed by atoms with Crippen molar-refractivity contribution >= 4 is 46.4 Å². The molecule has 234 valence electrons. The van der Waals surface area contributed by atoms with E-state index in [1.54, 1.807) is 25.1 Å². The minimum Gasteiger partial charge on any atom is -0.478 e. The average molecular weight is 636 g/mol. The van der Waals surface area contributed by atoms with Gasteiger partial charge in [0.1, 0.15) is 0 Å². The van der Waals surface area contributed by atoms with Crippen LogP contribution in [0.1, 0.15) is 96.4 Å². The number of nitrogens with zero attached hydrogens (tertiary/aromatic N) is 1. The average Bonchev–Trinajstić information content (AvgIpc) is 2.96. The maximum absolute atomic E-state index is 13.3. The van der Waals surface area contributed by atoms with Crippen LogP contribution in [0.4, 0.5) is 0 Å². The number of halogens is 2. The van der Waals surface area contributed by atoms with E-state index in [9.17, 15) is 14.7 Å². The molecule has 0 heterocycles. The standard InChI is InChI=1S/C31H32Cl2N2O3.C6H12/c1-5-10-28(22-11-7-6-8-12-22)35-30(36)23-15-16-25(26(18-23)31(37)38)29-24(13-9-14-27(29)33)21(4)34-20(3)17-19(2)32;1-4-5-6(2)3/h6-9,11-14,17-18,28H,2,5,10,15-16H2,1,3-4H3,(H,35,36)(H,37,38);5H,4H2,1-3H3/b20-17+,34-21?;/t28-;/m1./s1. The molecule has 0 saturated heterocycles. The number of nitrogens with one attached hydrogen (secondary N) is 1. The Hall–Kier alpha value is -3.67. The molecule has 3 rings (SSSR count). The van der Waals surface area contributed by atoms with Crippen molar-refractivity contribution < 1.29 is 14.7 Å². The summed E-state index contributed by atoms with van der Waals surface area (Å²) in [5, 5.41) is 14.0. The Labute approximate surface area is 272 Å². The van der Waals surface area contributed by atoms with Gasteiger partial charge < -0.3 is 10.4 Å². The zero-order chi connectivity index (χ0) is 32.8. The quantitative estimate of drug-likeness (QED) is 0.147. The molecule has 7 heteroatoms. The summed E-state index contributed by atoms with van der Waals surface area (Å²) in [6.07, 6.45) is 8.91. The van der Waals surface area contributed by atoms with Crippen LogP contribution in [-0.4, -0.2) is 22.7 Å². The van der Waals surface area contributed by atoms with E-state index in [0.717, 1.165) is 18.4 Å². The molecule has 1 amide bonds. The molecule has 0 saturated carbocycles. The van der Waals surface area contributed by atoms with Crippen LogP contribution >= 0.6 is 23.2 Å². The van der Waals surface area contributed by atoms with Gasteiger partial charge in [-0.2, -0.15) is 0 Å². The van der Waals surface area contributed by atoms with E-state index in [0.29, 0.717) is 56.6 Å². The van der Waals surface area contributed by atoms with E-state index in [4.69, 9.17) is 23.2 Å². The molecule has 0 bridgehead atoms. The minimum absolute atomic E-state index is 0.0525. The van der Waals surface area contributed by atoms with E-state index < -0.39 is 5.97 Å². The Morgan fingerprint density at radius 1 is 1.05 bits per heavy atom. The number of rotatable bonds is 11. The van der Waals surface area contributed by atoms with Crippen LogP contribution in [0.15, 0.2) is 106 Å². The lowest BCUT2D eigenvalue weighted by Crippen LogP contribution is -2.30. The summed E-state index contributed by atoms with van der Waals surface area (Å²) < 4.78 is 0. The number of allylic oxidation sites excluding steroid dienone is 6. The second-order valence-electron chi connectivity index (χ2n) is 10.9. The van der Waals surface area contributed by atoms with Gasteiger partial charge in [-0.15, -0.1) is 0 Å². The molecule has 1 atom stereocenters. The van der Waals surface area contributed by atoms with Crippen molar-refractivity contribution in [3.05, 3.63) is 122 Å². The fourth-order valence-corrected chi connectivity index (χ4v) is 5.48. The van der Waals surface area contributed by atoms with Crippen LogP contribution in [0.5, 0.6) is 0 Å². The lowest BCUT2D eigenvalue weighted by Gasteiger charge is -2.24. The lowest BCUT2D eigenvalue weighted by molar-refractivity contribution is -0.132. The van der Waals surface area contributed by atoms with E-state index in [1.807, 2.05) is 43.3 Å².